The third kappa shape index (κ3) is 4.35. The van der Waals surface area contributed by atoms with E-state index in [1.807, 2.05) is 49.1 Å². The molecule has 5 heteroatoms. The highest BCUT2D eigenvalue weighted by molar-refractivity contribution is 5.78. The summed E-state index contributed by atoms with van der Waals surface area (Å²) in [7, 11) is 3.27. The van der Waals surface area contributed by atoms with Crippen LogP contribution in [0.4, 0.5) is 0 Å². The molecule has 144 valence electrons. The topological polar surface area (TPSA) is 48.0 Å². The minimum atomic E-state index is -0.00506. The summed E-state index contributed by atoms with van der Waals surface area (Å²) in [6, 6.07) is 11.7. The molecule has 0 aromatic heterocycles. The van der Waals surface area contributed by atoms with Crippen molar-refractivity contribution in [3.8, 4) is 17.2 Å². The number of nitrogens with zero attached hydrogens (tertiary/aromatic N) is 1. The SMILES string of the molecule is COc1ccc([C@@H]2CCCN2C(=O)COc2cc(C)cc(C)c2)c(OC)c1. The fourth-order valence-corrected chi connectivity index (χ4v) is 3.73. The minimum absolute atomic E-state index is 0.00111. The number of ether oxygens (including phenoxy) is 3. The number of hydrogen-bond acceptors (Lipinski definition) is 4. The van der Waals surface area contributed by atoms with Crippen LogP contribution in [0.15, 0.2) is 36.4 Å². The lowest BCUT2D eigenvalue weighted by Crippen LogP contribution is -2.34. The smallest absolute Gasteiger partial charge is 0.261 e. The van der Waals surface area contributed by atoms with Crippen molar-refractivity contribution >= 4 is 5.91 Å². The van der Waals surface area contributed by atoms with Crippen LogP contribution in [0.3, 0.4) is 0 Å². The first kappa shape index (κ1) is 19.1. The summed E-state index contributed by atoms with van der Waals surface area (Å²) in [5, 5.41) is 0. The van der Waals surface area contributed by atoms with Gasteiger partial charge in [0.25, 0.3) is 5.91 Å². The van der Waals surface area contributed by atoms with Crippen molar-refractivity contribution in [2.45, 2.75) is 32.7 Å². The minimum Gasteiger partial charge on any atom is -0.497 e. The molecular formula is C22H27NO4. The van der Waals surface area contributed by atoms with E-state index in [1.165, 1.54) is 0 Å². The van der Waals surface area contributed by atoms with Gasteiger partial charge in [0.15, 0.2) is 6.61 Å². The van der Waals surface area contributed by atoms with Gasteiger partial charge in [-0.1, -0.05) is 6.07 Å². The Morgan fingerprint density at radius 2 is 1.78 bits per heavy atom. The molecule has 1 heterocycles. The lowest BCUT2D eigenvalue weighted by Gasteiger charge is -2.26. The Bertz CT molecular complexity index is 798. The Labute approximate surface area is 160 Å². The maximum Gasteiger partial charge on any atom is 0.261 e. The van der Waals surface area contributed by atoms with Crippen LogP contribution < -0.4 is 14.2 Å². The first-order valence-electron chi connectivity index (χ1n) is 9.24. The largest absolute Gasteiger partial charge is 0.497 e. The van der Waals surface area contributed by atoms with E-state index in [-0.39, 0.29) is 18.6 Å². The molecule has 3 rings (SSSR count). The molecule has 0 spiro atoms. The predicted molar refractivity (Wildman–Crippen MR) is 105 cm³/mol. The lowest BCUT2D eigenvalue weighted by atomic mass is 10.0. The third-order valence-electron chi connectivity index (χ3n) is 4.93. The zero-order chi connectivity index (χ0) is 19.4. The summed E-state index contributed by atoms with van der Waals surface area (Å²) in [5.74, 6) is 2.21. The van der Waals surface area contributed by atoms with Gasteiger partial charge in [0.2, 0.25) is 0 Å². The van der Waals surface area contributed by atoms with Crippen LogP contribution >= 0.6 is 0 Å². The van der Waals surface area contributed by atoms with Crippen LogP contribution in [-0.2, 0) is 4.79 Å². The number of aryl methyl sites for hydroxylation is 2. The van der Waals surface area contributed by atoms with E-state index in [4.69, 9.17) is 14.2 Å². The van der Waals surface area contributed by atoms with Crippen LogP contribution in [0.5, 0.6) is 17.2 Å². The summed E-state index contributed by atoms with van der Waals surface area (Å²) in [6.07, 6.45) is 1.88. The standard InChI is InChI=1S/C22H27NO4/c1-15-10-16(2)12-18(11-15)27-14-22(24)23-9-5-6-20(23)19-8-7-17(25-3)13-21(19)26-4/h7-8,10-13,20H,5-6,9,14H2,1-4H3/t20-/m0/s1. The van der Waals surface area contributed by atoms with Crippen molar-refractivity contribution in [3.63, 3.8) is 0 Å². The van der Waals surface area contributed by atoms with Crippen LogP contribution in [0, 0.1) is 13.8 Å². The van der Waals surface area contributed by atoms with E-state index >= 15 is 0 Å². The van der Waals surface area contributed by atoms with Crippen molar-refractivity contribution in [1.82, 2.24) is 4.90 Å². The lowest BCUT2D eigenvalue weighted by molar-refractivity contribution is -0.134. The third-order valence-corrected chi connectivity index (χ3v) is 4.93. The highest BCUT2D eigenvalue weighted by atomic mass is 16.5. The number of amides is 1. The molecule has 1 aliphatic heterocycles. The molecule has 2 aromatic rings. The fourth-order valence-electron chi connectivity index (χ4n) is 3.73. The number of carbonyl (C=O) groups excluding carboxylic acids is 1. The van der Waals surface area contributed by atoms with Gasteiger partial charge in [-0.2, -0.15) is 0 Å². The Kier molecular flexibility index (Phi) is 5.89. The molecule has 0 aliphatic carbocycles. The van der Waals surface area contributed by atoms with Gasteiger partial charge in [-0.15, -0.1) is 0 Å². The summed E-state index contributed by atoms with van der Waals surface area (Å²) in [5.41, 5.74) is 3.26. The van der Waals surface area contributed by atoms with Crippen LogP contribution in [0.1, 0.15) is 35.6 Å². The predicted octanol–water partition coefficient (Wildman–Crippen LogP) is 4.06. The highest BCUT2D eigenvalue weighted by Crippen LogP contribution is 2.38. The Hall–Kier alpha value is -2.69. The van der Waals surface area contributed by atoms with E-state index in [0.29, 0.717) is 0 Å². The summed E-state index contributed by atoms with van der Waals surface area (Å²) in [4.78, 5) is 14.7. The van der Waals surface area contributed by atoms with Gasteiger partial charge >= 0.3 is 0 Å². The molecule has 0 unspecified atom stereocenters. The monoisotopic (exact) mass is 369 g/mol. The molecule has 1 fully saturated rings. The molecule has 1 aliphatic rings. The van der Waals surface area contributed by atoms with E-state index in [1.54, 1.807) is 14.2 Å². The van der Waals surface area contributed by atoms with Gasteiger partial charge in [-0.05, 0) is 62.1 Å². The normalized spacial score (nSPS) is 16.3. The molecule has 1 amide bonds. The highest BCUT2D eigenvalue weighted by Gasteiger charge is 2.32. The zero-order valence-corrected chi connectivity index (χ0v) is 16.5. The van der Waals surface area contributed by atoms with Crippen molar-refractivity contribution in [3.05, 3.63) is 53.1 Å². The maximum atomic E-state index is 12.8. The first-order valence-corrected chi connectivity index (χ1v) is 9.24. The zero-order valence-electron chi connectivity index (χ0n) is 16.5. The molecule has 0 saturated carbocycles. The van der Waals surface area contributed by atoms with Gasteiger partial charge in [0.05, 0.1) is 20.3 Å². The molecule has 1 atom stereocenters. The average Bonchev–Trinajstić information content (AvgIpc) is 3.14. The number of benzene rings is 2. The molecule has 0 N–H and O–H groups in total. The second-order valence-electron chi connectivity index (χ2n) is 6.97. The average molecular weight is 369 g/mol. The maximum absolute atomic E-state index is 12.8. The molecule has 0 bridgehead atoms. The van der Waals surface area contributed by atoms with E-state index in [2.05, 4.69) is 6.07 Å². The van der Waals surface area contributed by atoms with Gasteiger partial charge in [-0.3, -0.25) is 4.79 Å². The Morgan fingerprint density at radius 1 is 1.04 bits per heavy atom. The second kappa shape index (κ2) is 8.33. The second-order valence-corrected chi connectivity index (χ2v) is 6.97. The Balaban J connectivity index is 1.73. The number of methoxy groups -OCH3 is 2. The summed E-state index contributed by atoms with van der Waals surface area (Å²) >= 11 is 0. The van der Waals surface area contributed by atoms with Gasteiger partial charge in [0, 0.05) is 18.2 Å². The van der Waals surface area contributed by atoms with Gasteiger partial charge in [-0.25, -0.2) is 0 Å². The quantitative estimate of drug-likeness (QED) is 0.770. The molecule has 27 heavy (non-hydrogen) atoms. The van der Waals surface area contributed by atoms with E-state index in [9.17, 15) is 4.79 Å². The van der Waals surface area contributed by atoms with Crippen LogP contribution in [0.2, 0.25) is 0 Å². The molecule has 5 nitrogen and oxygen atoms in total. The van der Waals surface area contributed by atoms with Crippen molar-refractivity contribution in [1.29, 1.82) is 0 Å². The van der Waals surface area contributed by atoms with Gasteiger partial charge in [0.1, 0.15) is 17.2 Å². The van der Waals surface area contributed by atoms with Crippen molar-refractivity contribution in [2.75, 3.05) is 27.4 Å². The summed E-state index contributed by atoms with van der Waals surface area (Å²) < 4.78 is 16.6. The van der Waals surface area contributed by atoms with Crippen molar-refractivity contribution < 1.29 is 19.0 Å². The number of rotatable bonds is 6. The number of likely N-dealkylation sites (tertiary alicyclic amines) is 1. The van der Waals surface area contributed by atoms with Gasteiger partial charge < -0.3 is 19.1 Å². The molecular weight excluding hydrogens is 342 g/mol. The molecule has 2 aromatic carbocycles. The van der Waals surface area contributed by atoms with Crippen molar-refractivity contribution in [2.24, 2.45) is 0 Å². The first-order chi connectivity index (χ1) is 13.0. The molecule has 0 radical (unpaired) electrons. The molecule has 1 saturated heterocycles. The number of carbonyl (C=O) groups is 1. The summed E-state index contributed by atoms with van der Waals surface area (Å²) in [6.45, 7) is 4.81. The fraction of sp³-hybridized carbons (Fsp3) is 0.409. The number of hydrogen-bond donors (Lipinski definition) is 0. The van der Waals surface area contributed by atoms with Crippen LogP contribution in [0.25, 0.3) is 0 Å². The van der Waals surface area contributed by atoms with E-state index in [0.717, 1.165) is 53.3 Å². The Morgan fingerprint density at radius 3 is 2.44 bits per heavy atom. The van der Waals surface area contributed by atoms with E-state index < -0.39 is 0 Å². The van der Waals surface area contributed by atoms with Crippen LogP contribution in [-0.4, -0.2) is 38.2 Å².